The largest absolute Gasteiger partial charge is 0.380 e. The highest BCUT2D eigenvalue weighted by Crippen LogP contribution is 2.39. The Hall–Kier alpha value is -1.49. The summed E-state index contributed by atoms with van der Waals surface area (Å²) in [4.78, 5) is 23.4. The fourth-order valence-corrected chi connectivity index (χ4v) is 5.08. The first kappa shape index (κ1) is 16.4. The summed E-state index contributed by atoms with van der Waals surface area (Å²) < 4.78 is 26.2. The first-order valence-corrected chi connectivity index (χ1v) is 9.36. The fourth-order valence-electron chi connectivity index (χ4n) is 2.11. The van der Waals surface area contributed by atoms with Crippen molar-refractivity contribution in [3.8, 4) is 0 Å². The third kappa shape index (κ3) is 2.99. The molecule has 3 rings (SSSR count). The first-order valence-electron chi connectivity index (χ1n) is 7.11. The van der Waals surface area contributed by atoms with Gasteiger partial charge in [-0.05, 0) is 31.7 Å². The molecule has 2 aliphatic carbocycles. The predicted molar refractivity (Wildman–Crippen MR) is 83.6 cm³/mol. The molecule has 126 valence electrons. The van der Waals surface area contributed by atoms with E-state index in [1.165, 1.54) is 17.4 Å². The van der Waals surface area contributed by atoms with Crippen LogP contribution in [0.1, 0.15) is 36.0 Å². The molecule has 4 N–H and O–H groups in total. The molecule has 1 aromatic rings. The number of sulfonamides is 1. The van der Waals surface area contributed by atoms with Gasteiger partial charge >= 0.3 is 0 Å². The van der Waals surface area contributed by atoms with Gasteiger partial charge in [0, 0.05) is 13.1 Å². The molecule has 1 heterocycles. The van der Waals surface area contributed by atoms with Crippen LogP contribution in [0.4, 0.5) is 5.00 Å². The number of rotatable bonds is 6. The average Bonchev–Trinajstić information content (AvgIpc) is 3.38. The van der Waals surface area contributed by atoms with Crippen LogP contribution in [-0.4, -0.2) is 48.3 Å². The maximum absolute atomic E-state index is 12.5. The van der Waals surface area contributed by atoms with Gasteiger partial charge in [-0.15, -0.1) is 11.3 Å². The maximum Gasteiger partial charge on any atom is 0.256 e. The molecule has 8 nitrogen and oxygen atoms in total. The Balaban J connectivity index is 1.92. The SMILES string of the molecule is CN(C1CC1)S(=O)(=O)c1cc(C(N)=O)c(NC(=O)C2(O)CC2)s1. The quantitative estimate of drug-likeness (QED) is 0.663. The molecule has 2 amide bonds. The molecule has 2 saturated carbocycles. The van der Waals surface area contributed by atoms with Gasteiger partial charge in [0.2, 0.25) is 0 Å². The second kappa shape index (κ2) is 5.26. The van der Waals surface area contributed by atoms with Crippen LogP contribution in [0.3, 0.4) is 0 Å². The lowest BCUT2D eigenvalue weighted by Gasteiger charge is -2.14. The van der Waals surface area contributed by atoms with Crippen LogP contribution >= 0.6 is 11.3 Å². The van der Waals surface area contributed by atoms with E-state index in [0.29, 0.717) is 12.8 Å². The van der Waals surface area contributed by atoms with Crippen LogP contribution in [0.2, 0.25) is 0 Å². The molecule has 0 radical (unpaired) electrons. The number of aliphatic hydroxyl groups is 1. The van der Waals surface area contributed by atoms with Gasteiger partial charge in [-0.1, -0.05) is 0 Å². The molecule has 0 atom stereocenters. The van der Waals surface area contributed by atoms with E-state index in [4.69, 9.17) is 5.73 Å². The van der Waals surface area contributed by atoms with E-state index < -0.39 is 27.4 Å². The van der Waals surface area contributed by atoms with Crippen LogP contribution in [0.5, 0.6) is 0 Å². The highest BCUT2D eigenvalue weighted by atomic mass is 32.2. The van der Waals surface area contributed by atoms with Crippen molar-refractivity contribution in [3.05, 3.63) is 11.6 Å². The summed E-state index contributed by atoms with van der Waals surface area (Å²) >= 11 is 0.767. The van der Waals surface area contributed by atoms with Gasteiger partial charge in [0.1, 0.15) is 14.8 Å². The van der Waals surface area contributed by atoms with Gasteiger partial charge < -0.3 is 16.2 Å². The van der Waals surface area contributed by atoms with Crippen LogP contribution in [-0.2, 0) is 14.8 Å². The molecule has 0 spiro atoms. The van der Waals surface area contributed by atoms with Gasteiger partial charge in [0.25, 0.3) is 21.8 Å². The highest BCUT2D eigenvalue weighted by molar-refractivity contribution is 7.91. The van der Waals surface area contributed by atoms with Crippen molar-refractivity contribution < 1.29 is 23.1 Å². The topological polar surface area (TPSA) is 130 Å². The number of carbonyl (C=O) groups excluding carboxylic acids is 2. The number of nitrogens with zero attached hydrogens (tertiary/aromatic N) is 1. The number of primary amides is 1. The highest BCUT2D eigenvalue weighted by Gasteiger charge is 2.48. The second-order valence-corrected chi connectivity index (χ2v) is 9.19. The lowest BCUT2D eigenvalue weighted by molar-refractivity contribution is -0.125. The van der Waals surface area contributed by atoms with E-state index >= 15 is 0 Å². The standard InChI is InChI=1S/C13H17N3O5S2/c1-16(7-2-3-7)23(20,21)9-6-8(10(14)17)11(22-9)15-12(18)13(19)4-5-13/h6-7,19H,2-5H2,1H3,(H2,14,17)(H,15,18). The van der Waals surface area contributed by atoms with Crippen LogP contribution in [0.15, 0.2) is 10.3 Å². The van der Waals surface area contributed by atoms with E-state index in [2.05, 4.69) is 5.32 Å². The van der Waals surface area contributed by atoms with E-state index in [9.17, 15) is 23.1 Å². The van der Waals surface area contributed by atoms with E-state index in [1.807, 2.05) is 0 Å². The van der Waals surface area contributed by atoms with Crippen molar-refractivity contribution in [2.24, 2.45) is 5.73 Å². The van der Waals surface area contributed by atoms with E-state index in [-0.39, 0.29) is 20.8 Å². The van der Waals surface area contributed by atoms with Crippen molar-refractivity contribution in [3.63, 3.8) is 0 Å². The summed E-state index contributed by atoms with van der Waals surface area (Å²) in [6.07, 6.45) is 2.29. The molecule has 0 unspecified atom stereocenters. The Bertz CT molecular complexity index is 778. The molecule has 23 heavy (non-hydrogen) atoms. The van der Waals surface area contributed by atoms with Crippen molar-refractivity contribution in [2.75, 3.05) is 12.4 Å². The number of hydrogen-bond donors (Lipinski definition) is 3. The number of carbonyl (C=O) groups is 2. The van der Waals surface area contributed by atoms with E-state index in [0.717, 1.165) is 24.2 Å². The lowest BCUT2D eigenvalue weighted by atomic mass is 10.3. The summed E-state index contributed by atoms with van der Waals surface area (Å²) in [7, 11) is -2.25. The molecule has 2 aliphatic rings. The minimum Gasteiger partial charge on any atom is -0.380 e. The summed E-state index contributed by atoms with van der Waals surface area (Å²) in [5.74, 6) is -1.49. The predicted octanol–water partition coefficient (Wildman–Crippen LogP) is 0.0933. The number of nitrogens with one attached hydrogen (secondary N) is 1. The van der Waals surface area contributed by atoms with Crippen LogP contribution in [0.25, 0.3) is 0 Å². The Kier molecular flexibility index (Phi) is 3.75. The third-order valence-corrected chi connectivity index (χ3v) is 7.45. The van der Waals surface area contributed by atoms with Crippen LogP contribution in [0, 0.1) is 0 Å². The number of thiophene rings is 1. The van der Waals surface area contributed by atoms with Crippen molar-refractivity contribution in [1.82, 2.24) is 4.31 Å². The zero-order chi connectivity index (χ0) is 17.0. The summed E-state index contributed by atoms with van der Waals surface area (Å²) in [6.45, 7) is 0. The Morgan fingerprint density at radius 2 is 2.04 bits per heavy atom. The maximum atomic E-state index is 12.5. The van der Waals surface area contributed by atoms with E-state index in [1.54, 1.807) is 0 Å². The molecule has 10 heteroatoms. The third-order valence-electron chi connectivity index (χ3n) is 4.04. The zero-order valence-electron chi connectivity index (χ0n) is 12.4. The minimum absolute atomic E-state index is 0.0238. The molecule has 0 saturated heterocycles. The minimum atomic E-state index is -3.74. The summed E-state index contributed by atoms with van der Waals surface area (Å²) in [5, 5.41) is 12.2. The Morgan fingerprint density at radius 1 is 1.43 bits per heavy atom. The van der Waals surface area contributed by atoms with Gasteiger partial charge in [-0.2, -0.15) is 4.31 Å². The second-order valence-electron chi connectivity index (χ2n) is 5.91. The average molecular weight is 359 g/mol. The lowest BCUT2D eigenvalue weighted by Crippen LogP contribution is -2.29. The number of anilines is 1. The summed E-state index contributed by atoms with van der Waals surface area (Å²) in [5.41, 5.74) is 3.76. The van der Waals surface area contributed by atoms with Gasteiger partial charge in [-0.25, -0.2) is 8.42 Å². The van der Waals surface area contributed by atoms with Gasteiger partial charge in [-0.3, -0.25) is 9.59 Å². The molecule has 0 aromatic carbocycles. The molecule has 0 bridgehead atoms. The van der Waals surface area contributed by atoms with Crippen molar-refractivity contribution in [1.29, 1.82) is 0 Å². The molecular weight excluding hydrogens is 342 g/mol. The monoisotopic (exact) mass is 359 g/mol. The Labute approximate surface area is 137 Å². The first-order chi connectivity index (χ1) is 10.6. The summed E-state index contributed by atoms with van der Waals surface area (Å²) in [6, 6.07) is 1.15. The fraction of sp³-hybridized carbons (Fsp3) is 0.538. The number of nitrogens with two attached hydrogens (primary N) is 1. The van der Waals surface area contributed by atoms with Gasteiger partial charge in [0.05, 0.1) is 5.56 Å². The zero-order valence-corrected chi connectivity index (χ0v) is 14.0. The smallest absolute Gasteiger partial charge is 0.256 e. The van der Waals surface area contributed by atoms with Gasteiger partial charge in [0.15, 0.2) is 0 Å². The van der Waals surface area contributed by atoms with Crippen LogP contribution < -0.4 is 11.1 Å². The van der Waals surface area contributed by atoms with Crippen molar-refractivity contribution >= 4 is 38.2 Å². The molecule has 0 aliphatic heterocycles. The molecule has 2 fully saturated rings. The van der Waals surface area contributed by atoms with Crippen molar-refractivity contribution in [2.45, 2.75) is 41.5 Å². The molecular formula is C13H17N3O5S2. The number of amides is 2. The normalized spacial score (nSPS) is 19.6. The Morgan fingerprint density at radius 3 is 2.52 bits per heavy atom. The molecule has 1 aromatic heterocycles. The number of hydrogen-bond acceptors (Lipinski definition) is 6.